The molecule has 6 rings (SSSR count). The van der Waals surface area contributed by atoms with Gasteiger partial charge in [0.2, 0.25) is 0 Å². The number of carboxylic acids is 2. The topological polar surface area (TPSA) is 111 Å². The van der Waals surface area contributed by atoms with E-state index >= 15 is 0 Å². The molecule has 2 unspecified atom stereocenters. The second-order valence-electron chi connectivity index (χ2n) is 9.32. The summed E-state index contributed by atoms with van der Waals surface area (Å²) in [5.74, 6) is -2.81. The number of nitriles is 1. The first-order chi connectivity index (χ1) is 18.0. The van der Waals surface area contributed by atoms with Gasteiger partial charge >= 0.3 is 11.9 Å². The molecule has 3 aliphatic heterocycles. The highest BCUT2D eigenvalue weighted by molar-refractivity contribution is 6.27. The molecule has 7 nitrogen and oxygen atoms in total. The van der Waals surface area contributed by atoms with E-state index < -0.39 is 11.9 Å². The van der Waals surface area contributed by atoms with E-state index in [1.165, 1.54) is 24.0 Å². The van der Waals surface area contributed by atoms with Gasteiger partial charge in [0.1, 0.15) is 0 Å². The van der Waals surface area contributed by atoms with E-state index in [0.29, 0.717) is 24.1 Å². The van der Waals surface area contributed by atoms with Crippen molar-refractivity contribution < 1.29 is 24.5 Å². The van der Waals surface area contributed by atoms with Crippen molar-refractivity contribution in [1.29, 1.82) is 5.26 Å². The lowest BCUT2D eigenvalue weighted by atomic mass is 9.72. The minimum Gasteiger partial charge on any atom is -0.473 e. The number of hydrogen-bond donors (Lipinski definition) is 2. The van der Waals surface area contributed by atoms with Crippen LogP contribution >= 0.6 is 0 Å². The first-order valence-electron chi connectivity index (χ1n) is 12.4. The van der Waals surface area contributed by atoms with Gasteiger partial charge in [0.25, 0.3) is 0 Å². The average Bonchev–Trinajstić information content (AvgIpc) is 2.94. The van der Waals surface area contributed by atoms with Crippen molar-refractivity contribution in [2.45, 2.75) is 37.5 Å². The van der Waals surface area contributed by atoms with E-state index in [2.05, 4.69) is 71.6 Å². The molecule has 3 aromatic rings. The molecule has 0 spiro atoms. The van der Waals surface area contributed by atoms with Crippen LogP contribution in [-0.4, -0.2) is 52.3 Å². The first kappa shape index (κ1) is 26.1. The number of aliphatic carboxylic acids is 2. The summed E-state index contributed by atoms with van der Waals surface area (Å²) in [6.45, 7) is 2.77. The summed E-state index contributed by atoms with van der Waals surface area (Å²) in [4.78, 5) is 20.8. The summed E-state index contributed by atoms with van der Waals surface area (Å²) in [5, 5.41) is 24.3. The number of benzene rings is 3. The smallest absolute Gasteiger partial charge is 0.414 e. The molecule has 37 heavy (non-hydrogen) atoms. The van der Waals surface area contributed by atoms with Gasteiger partial charge in [-0.3, -0.25) is 4.90 Å². The van der Waals surface area contributed by atoms with Gasteiger partial charge in [-0.25, -0.2) is 9.59 Å². The quantitative estimate of drug-likeness (QED) is 0.481. The zero-order valence-electron chi connectivity index (χ0n) is 20.4. The summed E-state index contributed by atoms with van der Waals surface area (Å²) < 4.78 is 6.69. The summed E-state index contributed by atoms with van der Waals surface area (Å²) in [5.41, 5.74) is 4.38. The Morgan fingerprint density at radius 2 is 1.38 bits per heavy atom. The molecule has 2 bridgehead atoms. The molecular formula is C30H30N2O5. The van der Waals surface area contributed by atoms with Gasteiger partial charge in [-0.05, 0) is 54.6 Å². The Labute approximate surface area is 216 Å². The largest absolute Gasteiger partial charge is 0.473 e. The Morgan fingerprint density at radius 3 is 1.89 bits per heavy atom. The summed E-state index contributed by atoms with van der Waals surface area (Å²) >= 11 is 0. The van der Waals surface area contributed by atoms with E-state index in [4.69, 9.17) is 24.5 Å². The van der Waals surface area contributed by atoms with E-state index in [0.717, 1.165) is 18.7 Å². The van der Waals surface area contributed by atoms with Crippen LogP contribution in [0.4, 0.5) is 0 Å². The van der Waals surface area contributed by atoms with Crippen molar-refractivity contribution >= 4 is 11.9 Å². The van der Waals surface area contributed by atoms with Crippen molar-refractivity contribution in [2.75, 3.05) is 13.1 Å². The molecule has 190 valence electrons. The Bertz CT molecular complexity index is 1180. The molecule has 0 amide bonds. The van der Waals surface area contributed by atoms with Crippen LogP contribution in [0.25, 0.3) is 0 Å². The molecule has 3 aromatic carbocycles. The van der Waals surface area contributed by atoms with Crippen LogP contribution in [0.2, 0.25) is 0 Å². The minimum atomic E-state index is -1.82. The van der Waals surface area contributed by atoms with Crippen molar-refractivity contribution in [3.8, 4) is 6.07 Å². The second-order valence-corrected chi connectivity index (χ2v) is 9.32. The fraction of sp³-hybridized carbons (Fsp3) is 0.300. The maximum Gasteiger partial charge on any atom is 0.414 e. The molecule has 3 fully saturated rings. The molecular weight excluding hydrogens is 468 g/mol. The SMILES string of the molecule is N#Cc1ccccc1COC1C2CCN(CC2)C1C(c1ccccc1)c1ccccc1.O=C(O)C(=O)O. The van der Waals surface area contributed by atoms with E-state index in [9.17, 15) is 5.26 Å². The Morgan fingerprint density at radius 1 is 0.865 bits per heavy atom. The molecule has 3 saturated heterocycles. The van der Waals surface area contributed by atoms with Gasteiger partial charge in [0.05, 0.1) is 24.3 Å². The lowest BCUT2D eigenvalue weighted by Gasteiger charge is -2.53. The third-order valence-electron chi connectivity index (χ3n) is 7.21. The number of piperidine rings is 3. The van der Waals surface area contributed by atoms with Crippen LogP contribution in [0.3, 0.4) is 0 Å². The van der Waals surface area contributed by atoms with Gasteiger partial charge in [0, 0.05) is 12.0 Å². The van der Waals surface area contributed by atoms with Crippen molar-refractivity contribution in [3.05, 3.63) is 107 Å². The number of fused-ring (bicyclic) bond motifs is 3. The zero-order chi connectivity index (χ0) is 26.2. The van der Waals surface area contributed by atoms with Crippen LogP contribution < -0.4 is 0 Å². The van der Waals surface area contributed by atoms with Crippen LogP contribution in [0.5, 0.6) is 0 Å². The van der Waals surface area contributed by atoms with Crippen molar-refractivity contribution in [1.82, 2.24) is 4.90 Å². The standard InChI is InChI=1S/C28H28N2O.C2H2O4/c29-19-24-13-7-8-14-25(24)20-31-28-23-15-17-30(18-16-23)27(28)26(21-9-3-1-4-10-21)22-11-5-2-6-12-22;3-1(4)2(5)6/h1-14,23,26-28H,15-18,20H2;(H,3,4)(H,5,6). The highest BCUT2D eigenvalue weighted by atomic mass is 16.5. The predicted octanol–water partition coefficient (Wildman–Crippen LogP) is 4.53. The third-order valence-corrected chi connectivity index (χ3v) is 7.21. The average molecular weight is 499 g/mol. The molecule has 0 radical (unpaired) electrons. The van der Waals surface area contributed by atoms with Crippen LogP contribution in [-0.2, 0) is 20.9 Å². The highest BCUT2D eigenvalue weighted by Crippen LogP contribution is 2.43. The second kappa shape index (κ2) is 12.3. The maximum atomic E-state index is 9.48. The number of hydrogen-bond acceptors (Lipinski definition) is 5. The Balaban J connectivity index is 0.000000480. The van der Waals surface area contributed by atoms with Gasteiger partial charge in [-0.1, -0.05) is 78.9 Å². The monoisotopic (exact) mass is 498 g/mol. The summed E-state index contributed by atoms with van der Waals surface area (Å²) in [7, 11) is 0. The summed E-state index contributed by atoms with van der Waals surface area (Å²) in [6.07, 6.45) is 2.54. The predicted molar refractivity (Wildman–Crippen MR) is 138 cm³/mol. The fourth-order valence-electron chi connectivity index (χ4n) is 5.52. The van der Waals surface area contributed by atoms with Crippen LogP contribution in [0.1, 0.15) is 41.0 Å². The lowest BCUT2D eigenvalue weighted by molar-refractivity contribution is -0.159. The third kappa shape index (κ3) is 6.23. The van der Waals surface area contributed by atoms with Gasteiger partial charge in [-0.2, -0.15) is 5.26 Å². The van der Waals surface area contributed by atoms with Gasteiger partial charge < -0.3 is 14.9 Å². The Kier molecular flexibility index (Phi) is 8.68. The normalized spacial score (nSPS) is 21.9. The number of rotatable bonds is 6. The highest BCUT2D eigenvalue weighted by Gasteiger charge is 2.47. The first-order valence-corrected chi connectivity index (χ1v) is 12.4. The number of nitrogens with zero attached hydrogens (tertiary/aromatic N) is 2. The van der Waals surface area contributed by atoms with E-state index in [-0.39, 0.29) is 12.0 Å². The molecule has 7 heteroatoms. The van der Waals surface area contributed by atoms with Crippen molar-refractivity contribution in [3.63, 3.8) is 0 Å². The van der Waals surface area contributed by atoms with Crippen LogP contribution in [0.15, 0.2) is 84.9 Å². The fourth-order valence-corrected chi connectivity index (χ4v) is 5.52. The zero-order valence-corrected chi connectivity index (χ0v) is 20.4. The lowest BCUT2D eigenvalue weighted by Crippen LogP contribution is -2.60. The minimum absolute atomic E-state index is 0.152. The van der Waals surface area contributed by atoms with Gasteiger partial charge in [0.15, 0.2) is 0 Å². The molecule has 0 aromatic heterocycles. The van der Waals surface area contributed by atoms with E-state index in [1.54, 1.807) is 0 Å². The molecule has 0 aliphatic carbocycles. The van der Waals surface area contributed by atoms with Crippen molar-refractivity contribution in [2.24, 2.45) is 5.92 Å². The van der Waals surface area contributed by atoms with Gasteiger partial charge in [-0.15, -0.1) is 0 Å². The number of carbonyl (C=O) groups is 2. The molecule has 2 N–H and O–H groups in total. The summed E-state index contributed by atoms with van der Waals surface area (Å²) in [6, 6.07) is 32.2. The molecule has 0 saturated carbocycles. The number of ether oxygens (including phenoxy) is 1. The Hall–Kier alpha value is -3.99. The number of carboxylic acid groups (broad SMARTS) is 2. The van der Waals surface area contributed by atoms with Crippen LogP contribution in [0, 0.1) is 17.2 Å². The molecule has 2 atom stereocenters. The maximum absolute atomic E-state index is 9.48. The molecule has 3 heterocycles. The molecule has 3 aliphatic rings. The van der Waals surface area contributed by atoms with E-state index in [1.807, 2.05) is 24.3 Å².